The van der Waals surface area contributed by atoms with Crippen LogP contribution in [0.15, 0.2) is 0 Å². The molecule has 1 fully saturated rings. The molecule has 13 heavy (non-hydrogen) atoms. The van der Waals surface area contributed by atoms with Crippen LogP contribution < -0.4 is 0 Å². The minimum absolute atomic E-state index is 0.521. The van der Waals surface area contributed by atoms with E-state index in [1.165, 1.54) is 0 Å². The molecule has 0 atom stereocenters. The van der Waals surface area contributed by atoms with Crippen LogP contribution in [-0.4, -0.2) is 17.8 Å². The molecule has 0 amide bonds. The predicted molar refractivity (Wildman–Crippen MR) is 46.7 cm³/mol. The summed E-state index contributed by atoms with van der Waals surface area (Å²) in [5.41, 5.74) is 0. The van der Waals surface area contributed by atoms with E-state index >= 15 is 0 Å². The largest absolute Gasteiger partial charge is 0.522 e. The van der Waals surface area contributed by atoms with Crippen LogP contribution in [-0.2, 0) is 4.74 Å². The molecule has 0 aromatic heterocycles. The Morgan fingerprint density at radius 2 is 1.69 bits per heavy atom. The molecule has 0 radical (unpaired) electrons. The Balaban J connectivity index is 2.25. The molecule has 1 saturated carbocycles. The number of hydrogen-bond donors (Lipinski definition) is 0. The lowest BCUT2D eigenvalue weighted by molar-refractivity contribution is -0.345. The molecule has 5 heteroatoms. The maximum Gasteiger partial charge on any atom is 0.522 e. The summed E-state index contributed by atoms with van der Waals surface area (Å²) < 4.78 is 39.3. The van der Waals surface area contributed by atoms with Gasteiger partial charge in [-0.3, -0.25) is 4.74 Å². The Morgan fingerprint density at radius 1 is 1.15 bits per heavy atom. The van der Waals surface area contributed by atoms with Gasteiger partial charge in [0.15, 0.2) is 0 Å². The lowest BCUT2D eigenvalue weighted by atomic mass is 9.89. The molecule has 0 heterocycles. The SMILES string of the molecule is FC(F)(F)OC1CCC(CBr)CC1. The number of rotatable bonds is 2. The Labute approximate surface area is 83.8 Å². The fourth-order valence-corrected chi connectivity index (χ4v) is 2.24. The van der Waals surface area contributed by atoms with Crippen molar-refractivity contribution in [1.82, 2.24) is 0 Å². The van der Waals surface area contributed by atoms with Crippen LogP contribution in [0.5, 0.6) is 0 Å². The molecular formula is C8H12BrF3O. The molecule has 1 aliphatic carbocycles. The first-order chi connectivity index (χ1) is 6.01. The van der Waals surface area contributed by atoms with Crippen LogP contribution in [0.25, 0.3) is 0 Å². The topological polar surface area (TPSA) is 9.23 Å². The highest BCUT2D eigenvalue weighted by molar-refractivity contribution is 9.09. The first-order valence-corrected chi connectivity index (χ1v) is 5.44. The lowest BCUT2D eigenvalue weighted by Gasteiger charge is -2.27. The second kappa shape index (κ2) is 4.64. The van der Waals surface area contributed by atoms with E-state index in [1.807, 2.05) is 0 Å². The van der Waals surface area contributed by atoms with Crippen LogP contribution in [0.4, 0.5) is 13.2 Å². The molecule has 1 aliphatic rings. The van der Waals surface area contributed by atoms with E-state index in [0.717, 1.165) is 18.2 Å². The van der Waals surface area contributed by atoms with E-state index in [2.05, 4.69) is 20.7 Å². The van der Waals surface area contributed by atoms with Crippen molar-refractivity contribution in [3.63, 3.8) is 0 Å². The molecule has 0 aliphatic heterocycles. The Hall–Kier alpha value is 0.230. The van der Waals surface area contributed by atoms with Crippen LogP contribution >= 0.6 is 15.9 Å². The summed E-state index contributed by atoms with van der Waals surface area (Å²) in [6.07, 6.45) is -2.38. The van der Waals surface area contributed by atoms with Gasteiger partial charge in [0, 0.05) is 5.33 Å². The van der Waals surface area contributed by atoms with Gasteiger partial charge in [0.25, 0.3) is 0 Å². The monoisotopic (exact) mass is 260 g/mol. The smallest absolute Gasteiger partial charge is 0.289 e. The molecule has 0 aromatic carbocycles. The van der Waals surface area contributed by atoms with Gasteiger partial charge in [-0.2, -0.15) is 0 Å². The maximum absolute atomic E-state index is 11.8. The van der Waals surface area contributed by atoms with E-state index in [-0.39, 0.29) is 0 Å². The quantitative estimate of drug-likeness (QED) is 0.691. The van der Waals surface area contributed by atoms with E-state index in [4.69, 9.17) is 0 Å². The van der Waals surface area contributed by atoms with Crippen molar-refractivity contribution < 1.29 is 17.9 Å². The van der Waals surface area contributed by atoms with Gasteiger partial charge in [-0.1, -0.05) is 15.9 Å². The minimum Gasteiger partial charge on any atom is -0.289 e. The van der Waals surface area contributed by atoms with Gasteiger partial charge in [0.05, 0.1) is 6.10 Å². The second-order valence-corrected chi connectivity index (χ2v) is 4.01. The van der Waals surface area contributed by atoms with Gasteiger partial charge in [-0.15, -0.1) is 13.2 Å². The van der Waals surface area contributed by atoms with E-state index in [1.54, 1.807) is 0 Å². The molecule has 0 saturated heterocycles. The van der Waals surface area contributed by atoms with Crippen LogP contribution in [0, 0.1) is 5.92 Å². The lowest BCUT2D eigenvalue weighted by Crippen LogP contribution is -2.28. The average molecular weight is 261 g/mol. The molecular weight excluding hydrogens is 249 g/mol. The molecule has 0 spiro atoms. The third-order valence-corrected chi connectivity index (χ3v) is 3.23. The molecule has 78 valence electrons. The highest BCUT2D eigenvalue weighted by atomic mass is 79.9. The second-order valence-electron chi connectivity index (χ2n) is 3.36. The number of alkyl halides is 4. The van der Waals surface area contributed by atoms with Gasteiger partial charge >= 0.3 is 6.36 Å². The van der Waals surface area contributed by atoms with Crippen LogP contribution in [0.2, 0.25) is 0 Å². The third-order valence-electron chi connectivity index (χ3n) is 2.31. The van der Waals surface area contributed by atoms with Gasteiger partial charge in [0.2, 0.25) is 0 Å². The third kappa shape index (κ3) is 4.31. The fraction of sp³-hybridized carbons (Fsp3) is 1.00. The first kappa shape index (κ1) is 11.3. The number of halogens is 4. The minimum atomic E-state index is -4.47. The molecule has 0 unspecified atom stereocenters. The van der Waals surface area contributed by atoms with E-state index in [9.17, 15) is 13.2 Å². The van der Waals surface area contributed by atoms with Crippen molar-refractivity contribution in [2.75, 3.05) is 5.33 Å². The van der Waals surface area contributed by atoms with Gasteiger partial charge < -0.3 is 0 Å². The number of hydrogen-bond acceptors (Lipinski definition) is 1. The van der Waals surface area contributed by atoms with Crippen molar-refractivity contribution in [2.24, 2.45) is 5.92 Å². The Morgan fingerprint density at radius 3 is 2.08 bits per heavy atom. The van der Waals surface area contributed by atoms with Gasteiger partial charge in [-0.05, 0) is 31.6 Å². The summed E-state index contributed by atoms with van der Waals surface area (Å²) in [5, 5.41) is 0.881. The molecule has 1 nitrogen and oxygen atoms in total. The van der Waals surface area contributed by atoms with Crippen molar-refractivity contribution in [1.29, 1.82) is 0 Å². The van der Waals surface area contributed by atoms with Crippen molar-refractivity contribution in [3.05, 3.63) is 0 Å². The van der Waals surface area contributed by atoms with Crippen molar-refractivity contribution >= 4 is 15.9 Å². The van der Waals surface area contributed by atoms with Gasteiger partial charge in [-0.25, -0.2) is 0 Å². The summed E-state index contributed by atoms with van der Waals surface area (Å²) in [4.78, 5) is 0. The van der Waals surface area contributed by atoms with Gasteiger partial charge in [0.1, 0.15) is 0 Å². The average Bonchev–Trinajstić information content (AvgIpc) is 2.03. The van der Waals surface area contributed by atoms with E-state index < -0.39 is 12.5 Å². The highest BCUT2D eigenvalue weighted by Gasteiger charge is 2.35. The molecule has 0 N–H and O–H groups in total. The maximum atomic E-state index is 11.8. The highest BCUT2D eigenvalue weighted by Crippen LogP contribution is 2.31. The predicted octanol–water partition coefficient (Wildman–Crippen LogP) is 3.48. The summed E-state index contributed by atoms with van der Waals surface area (Å²) in [5.74, 6) is 0.521. The van der Waals surface area contributed by atoms with Crippen LogP contribution in [0.1, 0.15) is 25.7 Å². The standard InChI is InChI=1S/C8H12BrF3O/c9-5-6-1-3-7(4-2-6)13-8(10,11)12/h6-7H,1-5H2. The summed E-state index contributed by atoms with van der Waals surface area (Å²) in [6.45, 7) is 0. The number of ether oxygens (including phenoxy) is 1. The zero-order valence-corrected chi connectivity index (χ0v) is 8.70. The normalized spacial score (nSPS) is 30.5. The molecule has 0 bridgehead atoms. The van der Waals surface area contributed by atoms with Crippen molar-refractivity contribution in [2.45, 2.75) is 38.1 Å². The summed E-state index contributed by atoms with van der Waals surface area (Å²) in [6, 6.07) is 0. The molecule has 1 rings (SSSR count). The summed E-state index contributed by atoms with van der Waals surface area (Å²) in [7, 11) is 0. The Bertz CT molecular complexity index is 152. The zero-order chi connectivity index (χ0) is 9.90. The van der Waals surface area contributed by atoms with Crippen molar-refractivity contribution in [3.8, 4) is 0 Å². The Kier molecular flexibility index (Phi) is 4.04. The first-order valence-electron chi connectivity index (χ1n) is 4.32. The molecule has 0 aromatic rings. The fourth-order valence-electron chi connectivity index (χ4n) is 1.59. The zero-order valence-electron chi connectivity index (χ0n) is 7.11. The van der Waals surface area contributed by atoms with Crippen LogP contribution in [0.3, 0.4) is 0 Å². The van der Waals surface area contributed by atoms with E-state index in [0.29, 0.717) is 18.8 Å². The summed E-state index contributed by atoms with van der Waals surface area (Å²) >= 11 is 3.33.